The second kappa shape index (κ2) is 5.21. The fourth-order valence-corrected chi connectivity index (χ4v) is 1.67. The van der Waals surface area contributed by atoms with Gasteiger partial charge in [-0.2, -0.15) is 0 Å². The first kappa shape index (κ1) is 13.5. The second-order valence-corrected chi connectivity index (χ2v) is 5.14. The van der Waals surface area contributed by atoms with Gasteiger partial charge in [-0.1, -0.05) is 6.08 Å². The molecule has 0 heterocycles. The van der Waals surface area contributed by atoms with E-state index in [0.29, 0.717) is 12.0 Å². The van der Waals surface area contributed by atoms with Gasteiger partial charge in [0.2, 0.25) is 0 Å². The molecule has 0 saturated carbocycles. The first-order valence-corrected chi connectivity index (χ1v) is 5.71. The van der Waals surface area contributed by atoms with Gasteiger partial charge in [-0.05, 0) is 40.0 Å². The van der Waals surface area contributed by atoms with Crippen LogP contribution in [-0.2, 0) is 9.53 Å². The Morgan fingerprint density at radius 3 is 2.65 bits per heavy atom. The predicted octanol–water partition coefficient (Wildman–Crippen LogP) is 2.07. The lowest BCUT2D eigenvalue weighted by atomic mass is 9.96. The van der Waals surface area contributed by atoms with Crippen molar-refractivity contribution in [3.8, 4) is 0 Å². The van der Waals surface area contributed by atoms with Crippen LogP contribution in [0.15, 0.2) is 11.6 Å². The van der Waals surface area contributed by atoms with E-state index >= 15 is 0 Å². The van der Waals surface area contributed by atoms with Crippen molar-refractivity contribution < 1.29 is 19.4 Å². The summed E-state index contributed by atoms with van der Waals surface area (Å²) in [5.41, 5.74) is -0.185. The van der Waals surface area contributed by atoms with Crippen molar-refractivity contribution in [3.63, 3.8) is 0 Å². The van der Waals surface area contributed by atoms with Gasteiger partial charge < -0.3 is 15.2 Å². The third-order valence-electron chi connectivity index (χ3n) is 2.34. The molecule has 0 bridgehead atoms. The maximum Gasteiger partial charge on any atom is 0.408 e. The summed E-state index contributed by atoms with van der Waals surface area (Å²) in [7, 11) is 0. The van der Waals surface area contributed by atoms with Gasteiger partial charge in [-0.25, -0.2) is 9.59 Å². The normalized spacial score (nSPS) is 20.4. The van der Waals surface area contributed by atoms with E-state index in [0.717, 1.165) is 12.8 Å². The molecule has 1 rings (SSSR count). The van der Waals surface area contributed by atoms with Crippen LogP contribution in [0.5, 0.6) is 0 Å². The number of rotatable bonds is 2. The molecule has 1 atom stereocenters. The minimum atomic E-state index is -0.916. The zero-order valence-electron chi connectivity index (χ0n) is 10.4. The molecule has 5 heteroatoms. The number of nitrogens with one attached hydrogen (secondary N) is 1. The Kier molecular flexibility index (Phi) is 4.15. The SMILES string of the molecule is CC(C)(C)OC(=O)NC1C=C(C(=O)O)CCC1. The summed E-state index contributed by atoms with van der Waals surface area (Å²) in [6.07, 6.45) is 3.15. The molecule has 5 nitrogen and oxygen atoms in total. The molecule has 1 unspecified atom stereocenters. The number of alkyl carbamates (subject to hydrolysis) is 1. The Bertz CT molecular complexity index is 341. The Labute approximate surface area is 101 Å². The van der Waals surface area contributed by atoms with Gasteiger partial charge in [0.1, 0.15) is 5.60 Å². The molecule has 0 aromatic heterocycles. The molecule has 2 N–H and O–H groups in total. The Morgan fingerprint density at radius 2 is 2.12 bits per heavy atom. The molecule has 1 aliphatic rings. The van der Waals surface area contributed by atoms with Crippen molar-refractivity contribution >= 4 is 12.1 Å². The Hall–Kier alpha value is -1.52. The molecule has 1 amide bonds. The van der Waals surface area contributed by atoms with Gasteiger partial charge in [0.15, 0.2) is 0 Å². The van der Waals surface area contributed by atoms with Crippen LogP contribution in [0.4, 0.5) is 4.79 Å². The van der Waals surface area contributed by atoms with Gasteiger partial charge in [0.25, 0.3) is 0 Å². The Morgan fingerprint density at radius 1 is 1.47 bits per heavy atom. The molecule has 0 aromatic carbocycles. The van der Waals surface area contributed by atoms with Gasteiger partial charge in [-0.15, -0.1) is 0 Å². The van der Waals surface area contributed by atoms with Crippen molar-refractivity contribution in [1.82, 2.24) is 5.32 Å². The van der Waals surface area contributed by atoms with Crippen LogP contribution >= 0.6 is 0 Å². The lowest BCUT2D eigenvalue weighted by Gasteiger charge is -2.24. The molecular weight excluding hydrogens is 222 g/mol. The number of carboxylic acid groups (broad SMARTS) is 1. The lowest BCUT2D eigenvalue weighted by Crippen LogP contribution is -2.39. The average Bonchev–Trinajstić information content (AvgIpc) is 2.14. The molecule has 0 aromatic rings. The van der Waals surface area contributed by atoms with Crippen LogP contribution < -0.4 is 5.32 Å². The summed E-state index contributed by atoms with van der Waals surface area (Å²) in [6, 6.07) is -0.246. The number of carbonyl (C=O) groups excluding carboxylic acids is 1. The van der Waals surface area contributed by atoms with Crippen LogP contribution in [0.1, 0.15) is 40.0 Å². The van der Waals surface area contributed by atoms with E-state index in [9.17, 15) is 9.59 Å². The number of carboxylic acids is 1. The zero-order valence-corrected chi connectivity index (χ0v) is 10.4. The van der Waals surface area contributed by atoms with E-state index in [1.807, 2.05) is 0 Å². The summed E-state index contributed by atoms with van der Waals surface area (Å²) in [6.45, 7) is 5.35. The van der Waals surface area contributed by atoms with Crippen LogP contribution in [-0.4, -0.2) is 28.8 Å². The second-order valence-electron chi connectivity index (χ2n) is 5.14. The van der Waals surface area contributed by atoms with Crippen molar-refractivity contribution in [2.75, 3.05) is 0 Å². The van der Waals surface area contributed by atoms with Crippen molar-refractivity contribution in [2.45, 2.75) is 51.7 Å². The molecule has 0 spiro atoms. The minimum Gasteiger partial charge on any atom is -0.478 e. The summed E-state index contributed by atoms with van der Waals surface area (Å²) in [5.74, 6) is -0.916. The fraction of sp³-hybridized carbons (Fsp3) is 0.667. The summed E-state index contributed by atoms with van der Waals surface area (Å²) in [5, 5.41) is 11.5. The topological polar surface area (TPSA) is 75.6 Å². The number of aliphatic carboxylic acids is 1. The van der Waals surface area contributed by atoms with Gasteiger partial charge >= 0.3 is 12.1 Å². The van der Waals surface area contributed by atoms with Crippen molar-refractivity contribution in [2.24, 2.45) is 0 Å². The molecule has 17 heavy (non-hydrogen) atoms. The molecule has 0 fully saturated rings. The molecule has 0 saturated heterocycles. The van der Waals surface area contributed by atoms with Gasteiger partial charge in [0.05, 0.1) is 6.04 Å². The van der Waals surface area contributed by atoms with E-state index in [1.54, 1.807) is 26.8 Å². The fourth-order valence-electron chi connectivity index (χ4n) is 1.67. The van der Waals surface area contributed by atoms with Gasteiger partial charge in [0, 0.05) is 5.57 Å². The molecule has 96 valence electrons. The Balaban J connectivity index is 2.55. The molecule has 0 radical (unpaired) electrons. The smallest absolute Gasteiger partial charge is 0.408 e. The largest absolute Gasteiger partial charge is 0.478 e. The number of carbonyl (C=O) groups is 2. The first-order chi connectivity index (χ1) is 7.78. The highest BCUT2D eigenvalue weighted by atomic mass is 16.6. The van der Waals surface area contributed by atoms with Gasteiger partial charge in [-0.3, -0.25) is 0 Å². The predicted molar refractivity (Wildman–Crippen MR) is 62.7 cm³/mol. The number of amides is 1. The standard InChI is InChI=1S/C12H19NO4/c1-12(2,3)17-11(16)13-9-6-4-5-8(7-9)10(14)15/h7,9H,4-6H2,1-3H3,(H,13,16)(H,14,15). The third kappa shape index (κ3) is 4.89. The third-order valence-corrected chi connectivity index (χ3v) is 2.34. The lowest BCUT2D eigenvalue weighted by molar-refractivity contribution is -0.132. The quantitative estimate of drug-likeness (QED) is 0.776. The summed E-state index contributed by atoms with van der Waals surface area (Å²) >= 11 is 0. The van der Waals surface area contributed by atoms with E-state index < -0.39 is 17.7 Å². The number of hydrogen-bond acceptors (Lipinski definition) is 3. The van der Waals surface area contributed by atoms with Crippen LogP contribution in [0.25, 0.3) is 0 Å². The highest BCUT2D eigenvalue weighted by molar-refractivity contribution is 5.87. The zero-order chi connectivity index (χ0) is 13.1. The maximum atomic E-state index is 11.5. The summed E-state index contributed by atoms with van der Waals surface area (Å²) in [4.78, 5) is 22.3. The van der Waals surface area contributed by atoms with Crippen LogP contribution in [0.2, 0.25) is 0 Å². The molecular formula is C12H19NO4. The maximum absolute atomic E-state index is 11.5. The average molecular weight is 241 g/mol. The van der Waals surface area contributed by atoms with Crippen molar-refractivity contribution in [3.05, 3.63) is 11.6 Å². The van der Waals surface area contributed by atoms with E-state index in [2.05, 4.69) is 5.32 Å². The monoisotopic (exact) mass is 241 g/mol. The highest BCUT2D eigenvalue weighted by Gasteiger charge is 2.22. The van der Waals surface area contributed by atoms with E-state index in [1.165, 1.54) is 0 Å². The number of ether oxygens (including phenoxy) is 1. The number of hydrogen-bond donors (Lipinski definition) is 2. The highest BCUT2D eigenvalue weighted by Crippen LogP contribution is 2.18. The first-order valence-electron chi connectivity index (χ1n) is 5.71. The van der Waals surface area contributed by atoms with Crippen LogP contribution in [0, 0.1) is 0 Å². The molecule has 1 aliphatic carbocycles. The van der Waals surface area contributed by atoms with Crippen molar-refractivity contribution in [1.29, 1.82) is 0 Å². The summed E-state index contributed by atoms with van der Waals surface area (Å²) < 4.78 is 5.11. The molecule has 0 aliphatic heterocycles. The van der Waals surface area contributed by atoms with E-state index in [-0.39, 0.29) is 6.04 Å². The van der Waals surface area contributed by atoms with Crippen LogP contribution in [0.3, 0.4) is 0 Å². The minimum absolute atomic E-state index is 0.246. The van der Waals surface area contributed by atoms with E-state index in [4.69, 9.17) is 9.84 Å².